The zero-order chi connectivity index (χ0) is 18.6. The molecule has 5 heteroatoms. The van der Waals surface area contributed by atoms with Crippen LogP contribution in [0, 0.1) is 5.92 Å². The molecule has 0 aromatic rings. The van der Waals surface area contributed by atoms with Crippen molar-refractivity contribution in [1.29, 1.82) is 0 Å². The number of hydrogen-bond donors (Lipinski definition) is 2. The summed E-state index contributed by atoms with van der Waals surface area (Å²) in [6, 6.07) is 0.543. The Morgan fingerprint density at radius 3 is 2.50 bits per heavy atom. The largest absolute Gasteiger partial charge is 0.377 e. The van der Waals surface area contributed by atoms with Crippen LogP contribution in [0.2, 0.25) is 0 Å². The summed E-state index contributed by atoms with van der Waals surface area (Å²) in [6.07, 6.45) is 12.6. The number of ether oxygens (including phenoxy) is 1. The van der Waals surface area contributed by atoms with E-state index in [9.17, 15) is 0 Å². The number of nitrogens with zero attached hydrogens (tertiary/aromatic N) is 2. The molecule has 1 aliphatic carbocycles. The van der Waals surface area contributed by atoms with Crippen molar-refractivity contribution in [2.75, 3.05) is 39.8 Å². The molecular formula is C21H42N4O. The number of guanidine groups is 1. The second-order valence-corrected chi connectivity index (χ2v) is 8.33. The lowest BCUT2D eigenvalue weighted by Crippen LogP contribution is -2.49. The lowest BCUT2D eigenvalue weighted by molar-refractivity contribution is 0.0532. The van der Waals surface area contributed by atoms with E-state index in [0.717, 1.165) is 44.7 Å². The Morgan fingerprint density at radius 2 is 1.85 bits per heavy atom. The molecule has 0 aromatic heterocycles. The quantitative estimate of drug-likeness (QED) is 0.353. The molecule has 0 unspecified atom stereocenters. The average molecular weight is 367 g/mol. The van der Waals surface area contributed by atoms with Gasteiger partial charge in [-0.25, -0.2) is 0 Å². The summed E-state index contributed by atoms with van der Waals surface area (Å²) in [5.74, 6) is 2.00. The second kappa shape index (κ2) is 12.6. The van der Waals surface area contributed by atoms with E-state index in [2.05, 4.69) is 34.4 Å². The zero-order valence-electron chi connectivity index (χ0n) is 17.4. The molecule has 1 heterocycles. The summed E-state index contributed by atoms with van der Waals surface area (Å²) in [7, 11) is 1.88. The van der Waals surface area contributed by atoms with E-state index in [4.69, 9.17) is 4.74 Å². The van der Waals surface area contributed by atoms with Gasteiger partial charge in [-0.2, -0.15) is 0 Å². The Bertz CT molecular complexity index is 385. The molecule has 0 bridgehead atoms. The van der Waals surface area contributed by atoms with Crippen molar-refractivity contribution in [3.8, 4) is 0 Å². The van der Waals surface area contributed by atoms with Gasteiger partial charge >= 0.3 is 0 Å². The van der Waals surface area contributed by atoms with Crippen LogP contribution in [0.4, 0.5) is 0 Å². The fourth-order valence-corrected chi connectivity index (χ4v) is 4.17. The third kappa shape index (κ3) is 8.72. The SMILES string of the molecule is CN=C(NCCCCC1CCCC1)NC1CCN(CCOC(C)C)CC1. The van der Waals surface area contributed by atoms with E-state index in [-0.39, 0.29) is 0 Å². The van der Waals surface area contributed by atoms with Crippen LogP contribution in [0.25, 0.3) is 0 Å². The average Bonchev–Trinajstić information content (AvgIpc) is 3.15. The fourth-order valence-electron chi connectivity index (χ4n) is 4.17. The van der Waals surface area contributed by atoms with Crippen LogP contribution in [-0.4, -0.2) is 62.8 Å². The molecule has 2 N–H and O–H groups in total. The molecule has 2 rings (SSSR count). The number of aliphatic imine (C=N–C) groups is 1. The van der Waals surface area contributed by atoms with Crippen molar-refractivity contribution in [3.05, 3.63) is 0 Å². The molecule has 2 aliphatic rings. The van der Waals surface area contributed by atoms with E-state index in [1.165, 1.54) is 57.8 Å². The van der Waals surface area contributed by atoms with Crippen LogP contribution >= 0.6 is 0 Å². The highest BCUT2D eigenvalue weighted by molar-refractivity contribution is 5.79. The zero-order valence-corrected chi connectivity index (χ0v) is 17.4. The lowest BCUT2D eigenvalue weighted by Gasteiger charge is -2.33. The van der Waals surface area contributed by atoms with Crippen LogP contribution in [-0.2, 0) is 4.74 Å². The number of hydrogen-bond acceptors (Lipinski definition) is 3. The van der Waals surface area contributed by atoms with Crippen molar-refractivity contribution >= 4 is 5.96 Å². The van der Waals surface area contributed by atoms with Gasteiger partial charge in [-0.15, -0.1) is 0 Å². The highest BCUT2D eigenvalue weighted by Crippen LogP contribution is 2.28. The summed E-state index contributed by atoms with van der Waals surface area (Å²) in [6.45, 7) is 9.44. The van der Waals surface area contributed by atoms with Gasteiger partial charge in [0.15, 0.2) is 5.96 Å². The van der Waals surface area contributed by atoms with Crippen LogP contribution < -0.4 is 10.6 Å². The Balaban J connectivity index is 1.51. The molecule has 1 saturated carbocycles. The molecular weight excluding hydrogens is 324 g/mol. The summed E-state index contributed by atoms with van der Waals surface area (Å²) >= 11 is 0. The molecule has 0 amide bonds. The first-order valence-corrected chi connectivity index (χ1v) is 11.0. The highest BCUT2D eigenvalue weighted by Gasteiger charge is 2.19. The van der Waals surface area contributed by atoms with E-state index in [1.807, 2.05) is 7.05 Å². The first kappa shape index (κ1) is 21.5. The summed E-state index contributed by atoms with van der Waals surface area (Å²) in [5, 5.41) is 7.12. The van der Waals surface area contributed by atoms with Crippen LogP contribution in [0.1, 0.15) is 71.6 Å². The molecule has 1 saturated heterocycles. The van der Waals surface area contributed by atoms with Gasteiger partial charge in [0, 0.05) is 39.3 Å². The molecule has 0 radical (unpaired) electrons. The molecule has 0 atom stereocenters. The first-order valence-electron chi connectivity index (χ1n) is 11.0. The topological polar surface area (TPSA) is 48.9 Å². The summed E-state index contributed by atoms with van der Waals surface area (Å²) in [5.41, 5.74) is 0. The van der Waals surface area contributed by atoms with E-state index in [1.54, 1.807) is 0 Å². The maximum absolute atomic E-state index is 5.66. The minimum absolute atomic E-state index is 0.335. The van der Waals surface area contributed by atoms with Crippen molar-refractivity contribution in [3.63, 3.8) is 0 Å². The Kier molecular flexibility index (Phi) is 10.4. The molecule has 0 spiro atoms. The number of piperidine rings is 1. The van der Waals surface area contributed by atoms with Gasteiger partial charge in [0.1, 0.15) is 0 Å². The minimum Gasteiger partial charge on any atom is -0.377 e. The van der Waals surface area contributed by atoms with Gasteiger partial charge in [0.05, 0.1) is 12.7 Å². The van der Waals surface area contributed by atoms with Gasteiger partial charge in [-0.05, 0) is 39.0 Å². The third-order valence-corrected chi connectivity index (χ3v) is 5.82. The predicted molar refractivity (Wildman–Crippen MR) is 111 cm³/mol. The van der Waals surface area contributed by atoms with Gasteiger partial charge in [-0.3, -0.25) is 4.99 Å². The van der Waals surface area contributed by atoms with Gasteiger partial charge in [-0.1, -0.05) is 38.5 Å². The fraction of sp³-hybridized carbons (Fsp3) is 0.952. The van der Waals surface area contributed by atoms with Gasteiger partial charge in [0.2, 0.25) is 0 Å². The lowest BCUT2D eigenvalue weighted by atomic mass is 10.0. The van der Waals surface area contributed by atoms with Crippen LogP contribution in [0.15, 0.2) is 4.99 Å². The van der Waals surface area contributed by atoms with Crippen molar-refractivity contribution in [2.24, 2.45) is 10.9 Å². The molecule has 26 heavy (non-hydrogen) atoms. The monoisotopic (exact) mass is 366 g/mol. The molecule has 152 valence electrons. The van der Waals surface area contributed by atoms with Gasteiger partial charge in [0.25, 0.3) is 0 Å². The van der Waals surface area contributed by atoms with Crippen molar-refractivity contribution in [1.82, 2.24) is 15.5 Å². The Hall–Kier alpha value is -0.810. The van der Waals surface area contributed by atoms with Gasteiger partial charge < -0.3 is 20.3 Å². The maximum atomic E-state index is 5.66. The van der Waals surface area contributed by atoms with Crippen molar-refractivity contribution in [2.45, 2.75) is 83.8 Å². The maximum Gasteiger partial charge on any atom is 0.191 e. The Labute approximate surface area is 161 Å². The van der Waals surface area contributed by atoms with Crippen LogP contribution in [0.5, 0.6) is 0 Å². The standard InChI is InChI=1S/C21H42N4O/c1-18(2)26-17-16-25-14-11-20(12-15-25)24-21(22-3)23-13-7-6-10-19-8-4-5-9-19/h18-20H,4-17H2,1-3H3,(H2,22,23,24). The molecule has 0 aromatic carbocycles. The van der Waals surface area contributed by atoms with E-state index >= 15 is 0 Å². The van der Waals surface area contributed by atoms with Crippen molar-refractivity contribution < 1.29 is 4.74 Å². The summed E-state index contributed by atoms with van der Waals surface area (Å²) < 4.78 is 5.66. The number of unbranched alkanes of at least 4 members (excludes halogenated alkanes) is 1. The molecule has 1 aliphatic heterocycles. The third-order valence-electron chi connectivity index (χ3n) is 5.82. The van der Waals surface area contributed by atoms with E-state index in [0.29, 0.717) is 12.1 Å². The predicted octanol–water partition coefficient (Wildman–Crippen LogP) is 3.40. The highest BCUT2D eigenvalue weighted by atomic mass is 16.5. The van der Waals surface area contributed by atoms with Crippen LogP contribution in [0.3, 0.4) is 0 Å². The molecule has 5 nitrogen and oxygen atoms in total. The number of likely N-dealkylation sites (tertiary alicyclic amines) is 1. The normalized spacial score (nSPS) is 20.8. The second-order valence-electron chi connectivity index (χ2n) is 8.33. The molecule has 2 fully saturated rings. The smallest absolute Gasteiger partial charge is 0.191 e. The number of rotatable bonds is 10. The first-order chi connectivity index (χ1) is 12.7. The number of nitrogens with one attached hydrogen (secondary N) is 2. The Morgan fingerprint density at radius 1 is 1.12 bits per heavy atom. The van der Waals surface area contributed by atoms with E-state index < -0.39 is 0 Å². The minimum atomic E-state index is 0.335. The summed E-state index contributed by atoms with van der Waals surface area (Å²) in [4.78, 5) is 6.92.